The van der Waals surface area contributed by atoms with Crippen LogP contribution in [0.1, 0.15) is 0 Å². The van der Waals surface area contributed by atoms with E-state index >= 15 is 0 Å². The predicted molar refractivity (Wildman–Crippen MR) is 56.8 cm³/mol. The number of nitrogens with zero attached hydrogens (tertiary/aromatic N) is 1. The summed E-state index contributed by atoms with van der Waals surface area (Å²) in [5.41, 5.74) is -0.176. The standard InChI is InChI=1S/C9H8ClFN2O2/c1-2-3-12-8-5-7(11)6(10)4-9(8)13(14)15/h2,4-5,12H,1,3H2. The van der Waals surface area contributed by atoms with Crippen LogP contribution in [0.5, 0.6) is 0 Å². The van der Waals surface area contributed by atoms with Gasteiger partial charge in [0.2, 0.25) is 0 Å². The molecule has 0 fully saturated rings. The zero-order chi connectivity index (χ0) is 11.4. The molecule has 0 heterocycles. The zero-order valence-electron chi connectivity index (χ0n) is 7.67. The van der Waals surface area contributed by atoms with Crippen LogP contribution in [0.25, 0.3) is 0 Å². The molecule has 1 aromatic rings. The monoisotopic (exact) mass is 230 g/mol. The van der Waals surface area contributed by atoms with E-state index in [2.05, 4.69) is 11.9 Å². The first-order valence-electron chi connectivity index (χ1n) is 4.04. The maximum atomic E-state index is 13.0. The van der Waals surface area contributed by atoms with Crippen LogP contribution in [0.3, 0.4) is 0 Å². The maximum Gasteiger partial charge on any atom is 0.294 e. The van der Waals surface area contributed by atoms with Gasteiger partial charge in [-0.1, -0.05) is 17.7 Å². The van der Waals surface area contributed by atoms with E-state index in [-0.39, 0.29) is 16.4 Å². The molecule has 1 rings (SSSR count). The van der Waals surface area contributed by atoms with Gasteiger partial charge in [-0.05, 0) is 0 Å². The number of rotatable bonds is 4. The summed E-state index contributed by atoms with van der Waals surface area (Å²) >= 11 is 5.44. The van der Waals surface area contributed by atoms with Crippen molar-refractivity contribution in [1.29, 1.82) is 0 Å². The van der Waals surface area contributed by atoms with Crippen molar-refractivity contribution >= 4 is 23.0 Å². The first-order valence-corrected chi connectivity index (χ1v) is 4.42. The molecule has 0 atom stereocenters. The lowest BCUT2D eigenvalue weighted by Gasteiger charge is -2.05. The van der Waals surface area contributed by atoms with E-state index in [9.17, 15) is 14.5 Å². The molecule has 15 heavy (non-hydrogen) atoms. The molecule has 6 heteroatoms. The molecule has 0 spiro atoms. The Morgan fingerprint density at radius 1 is 1.67 bits per heavy atom. The van der Waals surface area contributed by atoms with Crippen molar-refractivity contribution in [3.63, 3.8) is 0 Å². The fourth-order valence-electron chi connectivity index (χ4n) is 1.01. The second-order valence-corrected chi connectivity index (χ2v) is 3.12. The van der Waals surface area contributed by atoms with E-state index in [0.29, 0.717) is 6.54 Å². The second-order valence-electron chi connectivity index (χ2n) is 2.71. The van der Waals surface area contributed by atoms with Crippen LogP contribution in [0, 0.1) is 15.9 Å². The Hall–Kier alpha value is -1.62. The van der Waals surface area contributed by atoms with Crippen LogP contribution in [-0.4, -0.2) is 11.5 Å². The van der Waals surface area contributed by atoms with E-state index in [1.165, 1.54) is 6.08 Å². The molecular weight excluding hydrogens is 223 g/mol. The number of nitro groups is 1. The molecule has 1 aromatic carbocycles. The van der Waals surface area contributed by atoms with Gasteiger partial charge in [-0.15, -0.1) is 6.58 Å². The van der Waals surface area contributed by atoms with Crippen molar-refractivity contribution in [3.8, 4) is 0 Å². The van der Waals surface area contributed by atoms with Crippen molar-refractivity contribution in [2.24, 2.45) is 0 Å². The van der Waals surface area contributed by atoms with Crippen molar-refractivity contribution in [3.05, 3.63) is 45.7 Å². The fourth-order valence-corrected chi connectivity index (χ4v) is 1.17. The van der Waals surface area contributed by atoms with E-state index < -0.39 is 10.7 Å². The summed E-state index contributed by atoms with van der Waals surface area (Å²) in [4.78, 5) is 9.98. The zero-order valence-corrected chi connectivity index (χ0v) is 8.42. The largest absolute Gasteiger partial charge is 0.376 e. The van der Waals surface area contributed by atoms with E-state index in [4.69, 9.17) is 11.6 Å². The molecule has 4 nitrogen and oxygen atoms in total. The number of nitrogens with one attached hydrogen (secondary N) is 1. The Morgan fingerprint density at radius 2 is 2.33 bits per heavy atom. The Morgan fingerprint density at radius 3 is 2.87 bits per heavy atom. The number of nitro benzene ring substituents is 1. The molecule has 0 aliphatic rings. The highest BCUT2D eigenvalue weighted by atomic mass is 35.5. The Labute approximate surface area is 90.5 Å². The lowest BCUT2D eigenvalue weighted by atomic mass is 10.2. The SMILES string of the molecule is C=CCNc1cc(F)c(Cl)cc1[N+](=O)[O-]. The van der Waals surface area contributed by atoms with E-state index in [1.807, 2.05) is 0 Å². The van der Waals surface area contributed by atoms with Gasteiger partial charge in [-0.25, -0.2) is 4.39 Å². The molecular formula is C9H8ClFN2O2. The van der Waals surface area contributed by atoms with Crippen LogP contribution >= 0.6 is 11.6 Å². The summed E-state index contributed by atoms with van der Waals surface area (Å²) in [7, 11) is 0. The Balaban J connectivity index is 3.15. The third kappa shape index (κ3) is 2.66. The summed E-state index contributed by atoms with van der Waals surface area (Å²) in [5.74, 6) is -0.700. The van der Waals surface area contributed by atoms with Gasteiger partial charge in [0, 0.05) is 18.7 Å². The van der Waals surface area contributed by atoms with Crippen molar-refractivity contribution in [2.75, 3.05) is 11.9 Å². The topological polar surface area (TPSA) is 55.2 Å². The lowest BCUT2D eigenvalue weighted by molar-refractivity contribution is -0.384. The molecule has 0 aromatic heterocycles. The minimum Gasteiger partial charge on any atom is -0.376 e. The van der Waals surface area contributed by atoms with E-state index in [1.54, 1.807) is 0 Å². The molecule has 0 unspecified atom stereocenters. The molecule has 0 saturated carbocycles. The summed E-state index contributed by atoms with van der Waals surface area (Å²) < 4.78 is 13.0. The molecule has 0 amide bonds. The second kappa shape index (κ2) is 4.75. The van der Waals surface area contributed by atoms with Gasteiger partial charge in [-0.3, -0.25) is 10.1 Å². The normalized spacial score (nSPS) is 9.73. The molecule has 1 N–H and O–H groups in total. The number of anilines is 1. The van der Waals surface area contributed by atoms with Gasteiger partial charge >= 0.3 is 0 Å². The third-order valence-electron chi connectivity index (χ3n) is 1.67. The summed E-state index contributed by atoms with van der Waals surface area (Å²) in [6, 6.07) is 1.96. The lowest BCUT2D eigenvalue weighted by Crippen LogP contribution is -2.02. The first kappa shape index (κ1) is 11.5. The van der Waals surface area contributed by atoms with Crippen LogP contribution in [-0.2, 0) is 0 Å². The quantitative estimate of drug-likeness (QED) is 0.491. The molecule has 0 aliphatic carbocycles. The Bertz CT molecular complexity index is 409. The van der Waals surface area contributed by atoms with Gasteiger partial charge in [0.1, 0.15) is 11.5 Å². The van der Waals surface area contributed by atoms with Crippen LogP contribution in [0.15, 0.2) is 24.8 Å². The van der Waals surface area contributed by atoms with Gasteiger partial charge in [-0.2, -0.15) is 0 Å². The van der Waals surface area contributed by atoms with Crippen molar-refractivity contribution in [1.82, 2.24) is 0 Å². The molecule has 0 aliphatic heterocycles. The predicted octanol–water partition coefficient (Wildman–Crippen LogP) is 2.99. The Kier molecular flexibility index (Phi) is 3.62. The fraction of sp³-hybridized carbons (Fsp3) is 0.111. The average molecular weight is 231 g/mol. The minimum absolute atomic E-state index is 0.0850. The number of benzene rings is 1. The third-order valence-corrected chi connectivity index (χ3v) is 1.96. The molecule has 0 bridgehead atoms. The minimum atomic E-state index is -0.700. The first-order chi connectivity index (χ1) is 7.06. The molecule has 80 valence electrons. The highest BCUT2D eigenvalue weighted by Crippen LogP contribution is 2.30. The average Bonchev–Trinajstić information content (AvgIpc) is 2.19. The summed E-state index contributed by atoms with van der Waals surface area (Å²) in [6.07, 6.45) is 1.51. The molecule has 0 radical (unpaired) electrons. The van der Waals surface area contributed by atoms with Gasteiger partial charge in [0.15, 0.2) is 0 Å². The van der Waals surface area contributed by atoms with Crippen LogP contribution in [0.2, 0.25) is 5.02 Å². The maximum absolute atomic E-state index is 13.0. The van der Waals surface area contributed by atoms with Gasteiger partial charge in [0.05, 0.1) is 9.95 Å². The van der Waals surface area contributed by atoms with Gasteiger partial charge < -0.3 is 5.32 Å². The van der Waals surface area contributed by atoms with E-state index in [0.717, 1.165) is 12.1 Å². The highest BCUT2D eigenvalue weighted by Gasteiger charge is 2.16. The van der Waals surface area contributed by atoms with Crippen molar-refractivity contribution < 1.29 is 9.31 Å². The number of halogens is 2. The van der Waals surface area contributed by atoms with Crippen LogP contribution in [0.4, 0.5) is 15.8 Å². The number of hydrogen-bond acceptors (Lipinski definition) is 3. The highest BCUT2D eigenvalue weighted by molar-refractivity contribution is 6.31. The number of hydrogen-bond donors (Lipinski definition) is 1. The molecule has 0 saturated heterocycles. The van der Waals surface area contributed by atoms with Gasteiger partial charge in [0.25, 0.3) is 5.69 Å². The summed E-state index contributed by atoms with van der Waals surface area (Å²) in [5, 5.41) is 13.0. The van der Waals surface area contributed by atoms with Crippen LogP contribution < -0.4 is 5.32 Å². The summed E-state index contributed by atoms with van der Waals surface area (Å²) in [6.45, 7) is 3.75. The van der Waals surface area contributed by atoms with Crippen molar-refractivity contribution in [2.45, 2.75) is 0 Å². The smallest absolute Gasteiger partial charge is 0.294 e.